The molecule has 2 aromatic rings. The van der Waals surface area contributed by atoms with E-state index < -0.39 is 36.5 Å². The van der Waals surface area contributed by atoms with Crippen molar-refractivity contribution >= 4 is 18.0 Å². The van der Waals surface area contributed by atoms with Crippen LogP contribution in [0.5, 0.6) is 0 Å². The number of ether oxygens (including phenoxy) is 1. The van der Waals surface area contributed by atoms with Crippen LogP contribution < -0.4 is 10.6 Å². The van der Waals surface area contributed by atoms with Crippen LogP contribution in [-0.2, 0) is 14.3 Å². The number of rotatable bonds is 7. The number of aliphatic hydroxyl groups is 1. The predicted molar refractivity (Wildman–Crippen MR) is 116 cm³/mol. The zero-order valence-electron chi connectivity index (χ0n) is 17.5. The second-order valence-electron chi connectivity index (χ2n) is 8.26. The van der Waals surface area contributed by atoms with E-state index in [1.165, 1.54) is 0 Å². The van der Waals surface area contributed by atoms with Crippen molar-refractivity contribution in [1.29, 1.82) is 0 Å². The Morgan fingerprint density at radius 1 is 1.00 bits per heavy atom. The van der Waals surface area contributed by atoms with E-state index in [4.69, 9.17) is 14.9 Å². The van der Waals surface area contributed by atoms with E-state index in [0.717, 1.165) is 22.3 Å². The van der Waals surface area contributed by atoms with Crippen molar-refractivity contribution in [3.05, 3.63) is 59.7 Å². The summed E-state index contributed by atoms with van der Waals surface area (Å²) in [6.07, 6.45) is 0.988. The Labute approximate surface area is 185 Å². The number of nitrogens with one attached hydrogen (secondary N) is 2. The van der Waals surface area contributed by atoms with Crippen LogP contribution in [0.4, 0.5) is 4.79 Å². The van der Waals surface area contributed by atoms with Gasteiger partial charge in [-0.05, 0) is 41.5 Å². The van der Waals surface area contributed by atoms with E-state index in [9.17, 15) is 14.4 Å². The molecule has 2 aliphatic carbocycles. The Hall–Kier alpha value is -3.39. The maximum absolute atomic E-state index is 12.4. The molecule has 0 spiro atoms. The Balaban J connectivity index is 1.30. The Bertz CT molecular complexity index is 978. The molecule has 0 saturated heterocycles. The molecule has 2 aromatic carbocycles. The zero-order chi connectivity index (χ0) is 22.7. The molecule has 1 fully saturated rings. The van der Waals surface area contributed by atoms with Gasteiger partial charge in [-0.2, -0.15) is 0 Å². The van der Waals surface area contributed by atoms with Crippen LogP contribution in [0.1, 0.15) is 36.3 Å². The van der Waals surface area contributed by atoms with E-state index in [-0.39, 0.29) is 18.6 Å². The molecule has 2 unspecified atom stereocenters. The third-order valence-electron chi connectivity index (χ3n) is 6.27. The van der Waals surface area contributed by atoms with Gasteiger partial charge >= 0.3 is 12.1 Å². The molecule has 168 valence electrons. The highest BCUT2D eigenvalue weighted by Gasteiger charge is 2.34. The monoisotopic (exact) mass is 438 g/mol. The lowest BCUT2D eigenvalue weighted by Crippen LogP contribution is -2.45. The lowest BCUT2D eigenvalue weighted by atomic mass is 9.98. The number of carboxylic acids is 1. The number of carbonyl (C=O) groups is 3. The minimum absolute atomic E-state index is 0.0262. The minimum atomic E-state index is -1.32. The highest BCUT2D eigenvalue weighted by Crippen LogP contribution is 2.44. The molecule has 8 heteroatoms. The summed E-state index contributed by atoms with van der Waals surface area (Å²) in [6.45, 7) is -0.456. The second-order valence-corrected chi connectivity index (χ2v) is 8.26. The van der Waals surface area contributed by atoms with E-state index in [0.29, 0.717) is 19.3 Å². The fraction of sp³-hybridized carbons (Fsp3) is 0.375. The molecule has 0 heterocycles. The lowest BCUT2D eigenvalue weighted by Gasteiger charge is -2.17. The van der Waals surface area contributed by atoms with Crippen molar-refractivity contribution in [2.45, 2.75) is 37.3 Å². The minimum Gasteiger partial charge on any atom is -0.480 e. The third kappa shape index (κ3) is 4.45. The number of aliphatic hydroxyl groups excluding tert-OH is 1. The van der Waals surface area contributed by atoms with Gasteiger partial charge in [0.1, 0.15) is 12.6 Å². The average molecular weight is 438 g/mol. The Morgan fingerprint density at radius 3 is 2.22 bits per heavy atom. The summed E-state index contributed by atoms with van der Waals surface area (Å²) in [5.74, 6) is -2.15. The first-order valence-corrected chi connectivity index (χ1v) is 10.7. The smallest absolute Gasteiger partial charge is 0.407 e. The summed E-state index contributed by atoms with van der Waals surface area (Å²) in [6, 6.07) is 14.7. The van der Waals surface area contributed by atoms with Crippen molar-refractivity contribution in [2.75, 3.05) is 13.2 Å². The number of hydrogen-bond acceptors (Lipinski definition) is 5. The number of carboxylic acid groups (broad SMARTS) is 1. The number of carbonyl (C=O) groups excluding carboxylic acids is 2. The summed E-state index contributed by atoms with van der Waals surface area (Å²) in [5.41, 5.74) is 4.58. The van der Waals surface area contributed by atoms with Gasteiger partial charge in [0.15, 0.2) is 0 Å². The number of amides is 2. The first kappa shape index (κ1) is 21.8. The maximum atomic E-state index is 12.4. The van der Waals surface area contributed by atoms with Crippen LogP contribution in [0, 0.1) is 5.92 Å². The summed E-state index contributed by atoms with van der Waals surface area (Å²) < 4.78 is 5.55. The van der Waals surface area contributed by atoms with Gasteiger partial charge in [-0.1, -0.05) is 48.5 Å². The van der Waals surface area contributed by atoms with Gasteiger partial charge in [0.05, 0.1) is 6.61 Å². The molecule has 3 atom stereocenters. The number of alkyl carbamates (subject to hydrolysis) is 1. The standard InChI is InChI=1S/C24H26N2O6/c27-12-21(23(29)30)26-22(28)14-9-10-15(11-14)25-24(31)32-13-20-18-7-3-1-5-16(18)17-6-2-4-8-19(17)20/h1-8,14-15,20-21,27H,9-13H2,(H,25,31)(H,26,28)(H,29,30)/t14?,15?,21-/m1/s1. The van der Waals surface area contributed by atoms with E-state index in [1.807, 2.05) is 24.3 Å². The van der Waals surface area contributed by atoms with Crippen LogP contribution in [-0.4, -0.2) is 53.5 Å². The number of fused-ring (bicyclic) bond motifs is 3. The zero-order valence-corrected chi connectivity index (χ0v) is 17.5. The lowest BCUT2D eigenvalue weighted by molar-refractivity contribution is -0.143. The Morgan fingerprint density at radius 2 is 1.62 bits per heavy atom. The van der Waals surface area contributed by atoms with Crippen molar-refractivity contribution in [3.8, 4) is 11.1 Å². The molecular formula is C24H26N2O6. The normalized spacial score (nSPS) is 20.2. The third-order valence-corrected chi connectivity index (χ3v) is 6.27. The first-order chi connectivity index (χ1) is 15.5. The highest BCUT2D eigenvalue weighted by molar-refractivity contribution is 5.85. The van der Waals surface area contributed by atoms with Gasteiger partial charge in [0.2, 0.25) is 5.91 Å². The van der Waals surface area contributed by atoms with E-state index >= 15 is 0 Å². The second kappa shape index (κ2) is 9.40. The first-order valence-electron chi connectivity index (χ1n) is 10.7. The SMILES string of the molecule is O=C(NC1CCC(C(=O)N[C@H](CO)C(=O)O)C1)OCC1c2ccccc2-c2ccccc21. The molecule has 0 bridgehead atoms. The quantitative estimate of drug-likeness (QED) is 0.526. The molecule has 8 nitrogen and oxygen atoms in total. The van der Waals surface area contributed by atoms with E-state index in [2.05, 4.69) is 34.9 Å². The number of benzene rings is 2. The van der Waals surface area contributed by atoms with Crippen LogP contribution in [0.2, 0.25) is 0 Å². The molecule has 4 N–H and O–H groups in total. The molecular weight excluding hydrogens is 412 g/mol. The van der Waals surface area contributed by atoms with E-state index in [1.54, 1.807) is 0 Å². The van der Waals surface area contributed by atoms with Gasteiger partial charge in [-0.15, -0.1) is 0 Å². The summed E-state index contributed by atoms with van der Waals surface area (Å²) >= 11 is 0. The van der Waals surface area contributed by atoms with Gasteiger partial charge in [0.25, 0.3) is 0 Å². The summed E-state index contributed by atoms with van der Waals surface area (Å²) in [4.78, 5) is 35.7. The average Bonchev–Trinajstić information content (AvgIpc) is 3.38. The van der Waals surface area contributed by atoms with Gasteiger partial charge in [-0.3, -0.25) is 4.79 Å². The molecule has 0 radical (unpaired) electrons. The fourth-order valence-electron chi connectivity index (χ4n) is 4.63. The van der Waals surface area contributed by atoms with Crippen molar-refractivity contribution in [3.63, 3.8) is 0 Å². The fourth-order valence-corrected chi connectivity index (χ4v) is 4.63. The number of aliphatic carboxylic acids is 1. The number of hydrogen-bond donors (Lipinski definition) is 4. The van der Waals surface area contributed by atoms with Crippen LogP contribution >= 0.6 is 0 Å². The molecule has 1 saturated carbocycles. The van der Waals surface area contributed by atoms with Gasteiger partial charge in [0, 0.05) is 17.9 Å². The molecule has 32 heavy (non-hydrogen) atoms. The largest absolute Gasteiger partial charge is 0.480 e. The van der Waals surface area contributed by atoms with Crippen molar-refractivity contribution < 1.29 is 29.3 Å². The topological polar surface area (TPSA) is 125 Å². The molecule has 2 aliphatic rings. The van der Waals surface area contributed by atoms with Crippen LogP contribution in [0.15, 0.2) is 48.5 Å². The van der Waals surface area contributed by atoms with Crippen molar-refractivity contribution in [1.82, 2.24) is 10.6 Å². The summed E-state index contributed by atoms with van der Waals surface area (Å²) in [5, 5.41) is 23.2. The highest BCUT2D eigenvalue weighted by atomic mass is 16.5. The van der Waals surface area contributed by atoms with Crippen LogP contribution in [0.25, 0.3) is 11.1 Å². The maximum Gasteiger partial charge on any atom is 0.407 e. The van der Waals surface area contributed by atoms with Crippen LogP contribution in [0.3, 0.4) is 0 Å². The Kier molecular flexibility index (Phi) is 6.41. The molecule has 0 aromatic heterocycles. The summed E-state index contributed by atoms with van der Waals surface area (Å²) in [7, 11) is 0. The van der Waals surface area contributed by atoms with Crippen molar-refractivity contribution in [2.24, 2.45) is 5.92 Å². The predicted octanol–water partition coefficient (Wildman–Crippen LogP) is 2.26. The van der Waals surface area contributed by atoms with Gasteiger partial charge in [-0.25, -0.2) is 9.59 Å². The molecule has 0 aliphatic heterocycles. The molecule has 2 amide bonds. The van der Waals surface area contributed by atoms with Gasteiger partial charge < -0.3 is 25.6 Å². The molecule has 4 rings (SSSR count).